The van der Waals surface area contributed by atoms with Gasteiger partial charge in [0.2, 0.25) is 0 Å². The molecule has 2 aliphatic rings. The average molecular weight is 412 g/mol. The summed E-state index contributed by atoms with van der Waals surface area (Å²) in [5.74, 6) is 0. The Morgan fingerprint density at radius 2 is 2.04 bits per heavy atom. The number of benzene rings is 1. The van der Waals surface area contributed by atoms with E-state index in [-0.39, 0.29) is 22.7 Å². The third kappa shape index (κ3) is 4.71. The van der Waals surface area contributed by atoms with E-state index in [0.29, 0.717) is 38.4 Å². The lowest BCUT2D eigenvalue weighted by molar-refractivity contribution is -0.384. The maximum atomic E-state index is 12.3. The van der Waals surface area contributed by atoms with E-state index in [1.54, 1.807) is 9.80 Å². The summed E-state index contributed by atoms with van der Waals surface area (Å²) in [5.41, 5.74) is 0.107. The van der Waals surface area contributed by atoms with Crippen molar-refractivity contribution in [2.45, 2.75) is 23.8 Å². The number of nitrogens with zero attached hydrogens (tertiary/aromatic N) is 3. The number of nitrogens with one attached hydrogen (secondary N) is 1. The zero-order valence-electron chi connectivity index (χ0n) is 15.7. The number of nitro benzene ring substituents is 1. The Morgan fingerprint density at radius 3 is 2.61 bits per heavy atom. The number of ether oxygens (including phenoxy) is 1. The van der Waals surface area contributed by atoms with Crippen molar-refractivity contribution in [3.63, 3.8) is 0 Å². The molecular weight excluding hydrogens is 388 g/mol. The number of carbonyl (C=O) groups excluding carboxylic acids is 1. The number of piperazine rings is 1. The second kappa shape index (κ2) is 8.31. The number of urea groups is 1. The normalized spacial score (nSPS) is 20.2. The van der Waals surface area contributed by atoms with Gasteiger partial charge in [-0.3, -0.25) is 10.1 Å². The van der Waals surface area contributed by atoms with Gasteiger partial charge in [-0.25, -0.2) is 13.2 Å². The zero-order chi connectivity index (χ0) is 20.3. The quantitative estimate of drug-likeness (QED) is 0.566. The van der Waals surface area contributed by atoms with Crippen LogP contribution in [0.5, 0.6) is 0 Å². The minimum atomic E-state index is -3.53. The number of anilines is 1. The van der Waals surface area contributed by atoms with Crippen LogP contribution in [0.15, 0.2) is 23.1 Å². The Balaban J connectivity index is 1.62. The van der Waals surface area contributed by atoms with Crippen LogP contribution in [-0.4, -0.2) is 76.0 Å². The Kier molecular flexibility index (Phi) is 6.04. The monoisotopic (exact) mass is 412 g/mol. The molecule has 1 aromatic rings. The van der Waals surface area contributed by atoms with Crippen LogP contribution >= 0.6 is 0 Å². The Labute approximate surface area is 163 Å². The zero-order valence-corrected chi connectivity index (χ0v) is 16.5. The second-order valence-electron chi connectivity index (χ2n) is 6.97. The van der Waals surface area contributed by atoms with Gasteiger partial charge in [-0.1, -0.05) is 0 Å². The molecule has 0 aromatic heterocycles. The van der Waals surface area contributed by atoms with E-state index in [0.717, 1.165) is 31.8 Å². The topological polar surface area (TPSA) is 122 Å². The standard InChI is InChI=1S/C17H24N4O6S/c1-28(25,26)14-4-5-15(16(11-14)21(23)24)19-6-8-20(9-7-19)17(22)18-12-13-3-2-10-27-13/h4-5,11,13H,2-3,6-10,12H2,1H3,(H,18,22). The molecule has 2 aliphatic heterocycles. The number of carbonyl (C=O) groups is 1. The number of nitro groups is 1. The van der Waals surface area contributed by atoms with E-state index in [1.165, 1.54) is 12.1 Å². The summed E-state index contributed by atoms with van der Waals surface area (Å²) in [4.78, 5) is 26.5. The lowest BCUT2D eigenvalue weighted by atomic mass is 10.2. The summed E-state index contributed by atoms with van der Waals surface area (Å²) < 4.78 is 28.8. The fourth-order valence-corrected chi connectivity index (χ4v) is 4.06. The highest BCUT2D eigenvalue weighted by molar-refractivity contribution is 7.90. The van der Waals surface area contributed by atoms with Gasteiger partial charge < -0.3 is 19.9 Å². The molecular formula is C17H24N4O6S. The first kappa shape index (κ1) is 20.3. The first-order valence-corrected chi connectivity index (χ1v) is 11.0. The van der Waals surface area contributed by atoms with E-state index < -0.39 is 14.8 Å². The fourth-order valence-electron chi connectivity index (χ4n) is 3.42. The highest BCUT2D eigenvalue weighted by atomic mass is 32.2. The van der Waals surface area contributed by atoms with Crippen LogP contribution in [0.1, 0.15) is 12.8 Å². The molecule has 1 aromatic carbocycles. The lowest BCUT2D eigenvalue weighted by Crippen LogP contribution is -2.52. The van der Waals surface area contributed by atoms with Crippen LogP contribution in [0.25, 0.3) is 0 Å². The molecule has 0 bridgehead atoms. The van der Waals surface area contributed by atoms with Crippen LogP contribution in [0.2, 0.25) is 0 Å². The molecule has 0 saturated carbocycles. The number of sulfone groups is 1. The van der Waals surface area contributed by atoms with Crippen LogP contribution in [0.3, 0.4) is 0 Å². The highest BCUT2D eigenvalue weighted by Crippen LogP contribution is 2.31. The lowest BCUT2D eigenvalue weighted by Gasteiger charge is -2.36. The molecule has 2 amide bonds. The van der Waals surface area contributed by atoms with Crippen molar-refractivity contribution in [2.24, 2.45) is 0 Å². The van der Waals surface area contributed by atoms with Gasteiger partial charge in [-0.05, 0) is 25.0 Å². The number of rotatable bonds is 5. The number of hydrogen-bond acceptors (Lipinski definition) is 7. The summed E-state index contributed by atoms with van der Waals surface area (Å²) in [6, 6.07) is 3.75. The van der Waals surface area contributed by atoms with Crippen LogP contribution < -0.4 is 10.2 Å². The largest absolute Gasteiger partial charge is 0.376 e. The molecule has 2 heterocycles. The number of hydrogen-bond donors (Lipinski definition) is 1. The molecule has 2 saturated heterocycles. The minimum absolute atomic E-state index is 0.0706. The molecule has 0 radical (unpaired) electrons. The maximum absolute atomic E-state index is 12.3. The van der Waals surface area contributed by atoms with Gasteiger partial charge in [-0.15, -0.1) is 0 Å². The molecule has 0 spiro atoms. The predicted molar refractivity (Wildman–Crippen MR) is 102 cm³/mol. The molecule has 3 rings (SSSR count). The molecule has 10 nitrogen and oxygen atoms in total. The van der Waals surface area contributed by atoms with Gasteiger partial charge in [0.15, 0.2) is 9.84 Å². The molecule has 1 atom stereocenters. The van der Waals surface area contributed by atoms with E-state index in [2.05, 4.69) is 5.32 Å². The number of amides is 2. The van der Waals surface area contributed by atoms with Crippen molar-refractivity contribution in [3.8, 4) is 0 Å². The molecule has 0 aliphatic carbocycles. The first-order valence-electron chi connectivity index (χ1n) is 9.13. The van der Waals surface area contributed by atoms with E-state index in [1.807, 2.05) is 0 Å². The molecule has 2 fully saturated rings. The van der Waals surface area contributed by atoms with Crippen LogP contribution in [0, 0.1) is 10.1 Å². The predicted octanol–water partition coefficient (Wildman–Crippen LogP) is 1.01. The van der Waals surface area contributed by atoms with Crippen LogP contribution in [-0.2, 0) is 14.6 Å². The second-order valence-corrected chi connectivity index (χ2v) is 8.99. The van der Waals surface area contributed by atoms with Gasteiger partial charge in [0.05, 0.1) is 15.9 Å². The molecule has 11 heteroatoms. The van der Waals surface area contributed by atoms with Gasteiger partial charge >= 0.3 is 6.03 Å². The van der Waals surface area contributed by atoms with Crippen molar-refractivity contribution in [3.05, 3.63) is 28.3 Å². The highest BCUT2D eigenvalue weighted by Gasteiger charge is 2.27. The summed E-state index contributed by atoms with van der Waals surface area (Å²) in [7, 11) is -3.53. The Morgan fingerprint density at radius 1 is 1.32 bits per heavy atom. The maximum Gasteiger partial charge on any atom is 0.317 e. The smallest absolute Gasteiger partial charge is 0.317 e. The van der Waals surface area contributed by atoms with Crippen molar-refractivity contribution in [1.29, 1.82) is 0 Å². The first-order chi connectivity index (χ1) is 13.3. The van der Waals surface area contributed by atoms with Gasteiger partial charge in [-0.2, -0.15) is 0 Å². The van der Waals surface area contributed by atoms with Crippen molar-refractivity contribution in [2.75, 3.05) is 50.5 Å². The third-order valence-corrected chi connectivity index (χ3v) is 6.09. The summed E-state index contributed by atoms with van der Waals surface area (Å²) >= 11 is 0. The summed E-state index contributed by atoms with van der Waals surface area (Å²) in [6.07, 6.45) is 3.04. The summed E-state index contributed by atoms with van der Waals surface area (Å²) in [5, 5.41) is 14.3. The van der Waals surface area contributed by atoms with E-state index in [9.17, 15) is 23.3 Å². The summed E-state index contributed by atoms with van der Waals surface area (Å²) in [6.45, 7) is 2.90. The Hall–Kier alpha value is -2.40. The average Bonchev–Trinajstić information content (AvgIpc) is 3.18. The Bertz CT molecular complexity index is 845. The molecule has 1 unspecified atom stereocenters. The van der Waals surface area contributed by atoms with Crippen molar-refractivity contribution >= 4 is 27.2 Å². The molecule has 1 N–H and O–H groups in total. The fraction of sp³-hybridized carbons (Fsp3) is 0.588. The SMILES string of the molecule is CS(=O)(=O)c1ccc(N2CCN(C(=O)NCC3CCCO3)CC2)c([N+](=O)[O-])c1. The van der Waals surface area contributed by atoms with Crippen molar-refractivity contribution in [1.82, 2.24) is 10.2 Å². The minimum Gasteiger partial charge on any atom is -0.376 e. The van der Waals surface area contributed by atoms with Gasteiger partial charge in [0, 0.05) is 51.7 Å². The van der Waals surface area contributed by atoms with Gasteiger partial charge in [0.1, 0.15) is 5.69 Å². The van der Waals surface area contributed by atoms with Gasteiger partial charge in [0.25, 0.3) is 5.69 Å². The molecule has 28 heavy (non-hydrogen) atoms. The van der Waals surface area contributed by atoms with E-state index in [4.69, 9.17) is 4.74 Å². The third-order valence-electron chi connectivity index (χ3n) is 4.98. The van der Waals surface area contributed by atoms with Crippen molar-refractivity contribution < 1.29 is 22.9 Å². The van der Waals surface area contributed by atoms with Crippen LogP contribution in [0.4, 0.5) is 16.2 Å². The molecule has 154 valence electrons. The van der Waals surface area contributed by atoms with E-state index >= 15 is 0 Å².